The first-order valence-corrected chi connectivity index (χ1v) is 8.96. The summed E-state index contributed by atoms with van der Waals surface area (Å²) in [5, 5.41) is 5.82. The van der Waals surface area contributed by atoms with Crippen LogP contribution in [0.5, 0.6) is 0 Å². The highest BCUT2D eigenvalue weighted by molar-refractivity contribution is 7.89. The minimum Gasteiger partial charge on any atom is -0.383 e. The first kappa shape index (κ1) is 20.9. The first-order chi connectivity index (χ1) is 10.9. The zero-order valence-corrected chi connectivity index (χ0v) is 15.4. The average molecular weight is 378 g/mol. The zero-order valence-electron chi connectivity index (χ0n) is 13.8. The molecule has 136 valence electrons. The van der Waals surface area contributed by atoms with Crippen molar-refractivity contribution in [2.75, 3.05) is 33.9 Å². The molecule has 9 heteroatoms. The van der Waals surface area contributed by atoms with E-state index >= 15 is 0 Å². The van der Waals surface area contributed by atoms with Crippen molar-refractivity contribution < 1.29 is 17.9 Å². The minimum absolute atomic E-state index is 0. The molecule has 0 bridgehead atoms. The molecule has 1 atom stereocenters. The topological polar surface area (TPSA) is 96.5 Å². The normalized spacial score (nSPS) is 20.4. The van der Waals surface area contributed by atoms with Crippen molar-refractivity contribution >= 4 is 28.3 Å². The molecule has 24 heavy (non-hydrogen) atoms. The van der Waals surface area contributed by atoms with Crippen LogP contribution < -0.4 is 15.4 Å². The van der Waals surface area contributed by atoms with Gasteiger partial charge >= 0.3 is 0 Å². The Hall–Kier alpha value is -1.19. The Kier molecular flexibility index (Phi) is 7.62. The molecule has 0 aliphatic carbocycles. The van der Waals surface area contributed by atoms with Crippen molar-refractivity contribution in [3.63, 3.8) is 0 Å². The van der Waals surface area contributed by atoms with E-state index in [0.717, 1.165) is 19.4 Å². The van der Waals surface area contributed by atoms with Gasteiger partial charge in [-0.3, -0.25) is 4.79 Å². The van der Waals surface area contributed by atoms with E-state index in [0.29, 0.717) is 12.2 Å². The molecule has 1 saturated heterocycles. The fourth-order valence-corrected chi connectivity index (χ4v) is 3.84. The summed E-state index contributed by atoms with van der Waals surface area (Å²) in [7, 11) is -0.500. The van der Waals surface area contributed by atoms with Gasteiger partial charge in [0.05, 0.1) is 17.0 Å². The van der Waals surface area contributed by atoms with Gasteiger partial charge < -0.3 is 15.4 Å². The highest BCUT2D eigenvalue weighted by Gasteiger charge is 2.34. The number of ether oxygens (including phenoxy) is 1. The number of carbonyl (C=O) groups is 1. The van der Waals surface area contributed by atoms with Crippen molar-refractivity contribution in [3.8, 4) is 0 Å². The van der Waals surface area contributed by atoms with E-state index in [2.05, 4.69) is 15.4 Å². The lowest BCUT2D eigenvalue weighted by Crippen LogP contribution is -2.52. The summed E-state index contributed by atoms with van der Waals surface area (Å²) < 4.78 is 32.7. The standard InChI is InChI=1S/C15H23N3O4S.ClH/c1-16-14(19)12-4-6-13(7-5-12)23(20,21)18-10-15(11-22-2)8-3-9-17-15;/h4-7,17-18H,3,8-11H2,1-2H3,(H,16,19);1H. The Labute approximate surface area is 149 Å². The molecule has 0 saturated carbocycles. The van der Waals surface area contributed by atoms with Crippen LogP contribution in [0.15, 0.2) is 29.2 Å². The molecular formula is C15H24ClN3O4S. The Bertz CT molecular complexity index is 643. The quantitative estimate of drug-likeness (QED) is 0.643. The predicted octanol–water partition coefficient (Wildman–Crippen LogP) is 0.515. The van der Waals surface area contributed by atoms with Crippen LogP contribution >= 0.6 is 12.4 Å². The number of carbonyl (C=O) groups excluding carboxylic acids is 1. The summed E-state index contributed by atoms with van der Waals surface area (Å²) in [6, 6.07) is 5.84. The van der Waals surface area contributed by atoms with Crippen molar-refractivity contribution in [1.82, 2.24) is 15.4 Å². The number of sulfonamides is 1. The largest absolute Gasteiger partial charge is 0.383 e. The molecule has 1 aliphatic rings. The molecule has 1 aromatic rings. The van der Waals surface area contributed by atoms with Gasteiger partial charge in [0.15, 0.2) is 0 Å². The Morgan fingerprint density at radius 2 is 2.00 bits per heavy atom. The second-order valence-electron chi connectivity index (χ2n) is 5.67. The van der Waals surface area contributed by atoms with Gasteiger partial charge in [0.25, 0.3) is 5.91 Å². The van der Waals surface area contributed by atoms with Crippen LogP contribution in [-0.4, -0.2) is 53.7 Å². The van der Waals surface area contributed by atoms with E-state index in [4.69, 9.17) is 4.74 Å². The van der Waals surface area contributed by atoms with E-state index in [9.17, 15) is 13.2 Å². The van der Waals surface area contributed by atoms with E-state index < -0.39 is 10.0 Å². The summed E-state index contributed by atoms with van der Waals surface area (Å²) in [5.41, 5.74) is 0.0592. The van der Waals surface area contributed by atoms with Crippen LogP contribution in [0.4, 0.5) is 0 Å². The van der Waals surface area contributed by atoms with Crippen LogP contribution in [0.3, 0.4) is 0 Å². The van der Waals surface area contributed by atoms with Crippen molar-refractivity contribution in [2.45, 2.75) is 23.3 Å². The summed E-state index contributed by atoms with van der Waals surface area (Å²) in [5.74, 6) is -0.254. The zero-order chi connectivity index (χ0) is 16.9. The number of rotatable bonds is 7. The third kappa shape index (κ3) is 4.90. The van der Waals surface area contributed by atoms with Crippen LogP contribution in [0.2, 0.25) is 0 Å². The average Bonchev–Trinajstić information content (AvgIpc) is 3.02. The first-order valence-electron chi connectivity index (χ1n) is 7.48. The van der Waals surface area contributed by atoms with Crippen molar-refractivity contribution in [1.29, 1.82) is 0 Å². The lowest BCUT2D eigenvalue weighted by atomic mass is 9.99. The number of hydrogen-bond donors (Lipinski definition) is 3. The lowest BCUT2D eigenvalue weighted by Gasteiger charge is -2.28. The summed E-state index contributed by atoms with van der Waals surface area (Å²) in [6.45, 7) is 1.57. The van der Waals surface area contributed by atoms with Gasteiger partial charge in [0, 0.05) is 26.3 Å². The molecule has 2 rings (SSSR count). The van der Waals surface area contributed by atoms with Gasteiger partial charge in [0.1, 0.15) is 0 Å². The summed E-state index contributed by atoms with van der Waals surface area (Å²) in [4.78, 5) is 11.6. The fourth-order valence-electron chi connectivity index (χ4n) is 2.72. The van der Waals surface area contributed by atoms with Gasteiger partial charge in [-0.15, -0.1) is 12.4 Å². The molecule has 0 aromatic heterocycles. The second kappa shape index (κ2) is 8.77. The Morgan fingerprint density at radius 3 is 2.50 bits per heavy atom. The molecule has 0 radical (unpaired) electrons. The number of nitrogens with one attached hydrogen (secondary N) is 3. The molecule has 1 amide bonds. The molecule has 7 nitrogen and oxygen atoms in total. The third-order valence-corrected chi connectivity index (χ3v) is 5.42. The maximum absolute atomic E-state index is 12.4. The van der Waals surface area contributed by atoms with Gasteiger partial charge in [-0.1, -0.05) is 0 Å². The predicted molar refractivity (Wildman–Crippen MR) is 94.1 cm³/mol. The summed E-state index contributed by atoms with van der Waals surface area (Å²) >= 11 is 0. The molecule has 1 aliphatic heterocycles. The van der Waals surface area contributed by atoms with Crippen LogP contribution in [0.1, 0.15) is 23.2 Å². The van der Waals surface area contributed by atoms with Crippen LogP contribution in [0.25, 0.3) is 0 Å². The number of benzene rings is 1. The van der Waals surface area contributed by atoms with Gasteiger partial charge in [-0.05, 0) is 43.7 Å². The third-order valence-electron chi connectivity index (χ3n) is 4.01. The lowest BCUT2D eigenvalue weighted by molar-refractivity contribution is 0.0963. The van der Waals surface area contributed by atoms with Gasteiger partial charge in [-0.25, -0.2) is 13.1 Å². The van der Waals surface area contributed by atoms with Crippen LogP contribution in [-0.2, 0) is 14.8 Å². The monoisotopic (exact) mass is 377 g/mol. The molecule has 1 fully saturated rings. The summed E-state index contributed by atoms with van der Waals surface area (Å²) in [6.07, 6.45) is 1.85. The fraction of sp³-hybridized carbons (Fsp3) is 0.533. The molecule has 1 unspecified atom stereocenters. The van der Waals surface area contributed by atoms with Gasteiger partial charge in [0.2, 0.25) is 10.0 Å². The Morgan fingerprint density at radius 1 is 1.33 bits per heavy atom. The van der Waals surface area contributed by atoms with Crippen LogP contribution in [0, 0.1) is 0 Å². The molecule has 3 N–H and O–H groups in total. The maximum atomic E-state index is 12.4. The molecular weight excluding hydrogens is 354 g/mol. The SMILES string of the molecule is CNC(=O)c1ccc(S(=O)(=O)NCC2(COC)CCCN2)cc1.Cl. The van der Waals surface area contributed by atoms with Crippen molar-refractivity contribution in [3.05, 3.63) is 29.8 Å². The molecule has 1 aromatic carbocycles. The Balaban J connectivity index is 0.00000288. The smallest absolute Gasteiger partial charge is 0.251 e. The highest BCUT2D eigenvalue weighted by Crippen LogP contribution is 2.20. The van der Waals surface area contributed by atoms with Crippen molar-refractivity contribution in [2.24, 2.45) is 0 Å². The second-order valence-corrected chi connectivity index (χ2v) is 7.44. The van der Waals surface area contributed by atoms with E-state index in [1.807, 2.05) is 0 Å². The van der Waals surface area contributed by atoms with E-state index in [-0.39, 0.29) is 35.3 Å². The minimum atomic E-state index is -3.63. The highest BCUT2D eigenvalue weighted by atomic mass is 35.5. The number of methoxy groups -OCH3 is 1. The van der Waals surface area contributed by atoms with Gasteiger partial charge in [-0.2, -0.15) is 0 Å². The molecule has 1 heterocycles. The maximum Gasteiger partial charge on any atom is 0.251 e. The van der Waals surface area contributed by atoms with E-state index in [1.165, 1.54) is 31.3 Å². The number of amides is 1. The number of hydrogen-bond acceptors (Lipinski definition) is 5. The number of halogens is 1. The van der Waals surface area contributed by atoms with E-state index in [1.54, 1.807) is 7.11 Å². The molecule has 0 spiro atoms.